The Balaban J connectivity index is 2.39. The van der Waals surface area contributed by atoms with Gasteiger partial charge in [-0.15, -0.1) is 0 Å². The average Bonchev–Trinajstić information content (AvgIpc) is 2.39. The van der Waals surface area contributed by atoms with E-state index in [2.05, 4.69) is 10.2 Å². The molecule has 1 heterocycles. The maximum absolute atomic E-state index is 11.8. The van der Waals surface area contributed by atoms with Gasteiger partial charge in [0, 0.05) is 5.56 Å². The third-order valence-electron chi connectivity index (χ3n) is 3.38. The van der Waals surface area contributed by atoms with Gasteiger partial charge in [-0.2, -0.15) is 5.10 Å². The van der Waals surface area contributed by atoms with Crippen molar-refractivity contribution in [1.82, 2.24) is 10.2 Å². The average molecular weight is 250 g/mol. The Bertz CT molecular complexity index is 507. The molecule has 0 saturated heterocycles. The Morgan fingerprint density at radius 2 is 2.06 bits per heavy atom. The molecule has 0 aliphatic heterocycles. The van der Waals surface area contributed by atoms with Crippen molar-refractivity contribution in [2.24, 2.45) is 0 Å². The highest BCUT2D eigenvalue weighted by molar-refractivity contribution is 5.77. The number of aromatic amines is 1. The first-order valence-corrected chi connectivity index (χ1v) is 6.42. The predicted molar refractivity (Wildman–Crippen MR) is 66.5 cm³/mol. The molecule has 1 aromatic rings. The van der Waals surface area contributed by atoms with Gasteiger partial charge < -0.3 is 4.74 Å². The maximum atomic E-state index is 11.8. The van der Waals surface area contributed by atoms with Crippen molar-refractivity contribution in [3.05, 3.63) is 27.2 Å². The SMILES string of the molecule is CCOC(=O)C(C)c1n[nH]c(=O)c2c1CCCC2. The molecule has 0 spiro atoms. The van der Waals surface area contributed by atoms with Gasteiger partial charge in [0.2, 0.25) is 0 Å². The van der Waals surface area contributed by atoms with E-state index in [4.69, 9.17) is 4.74 Å². The minimum atomic E-state index is -0.423. The van der Waals surface area contributed by atoms with Crippen LogP contribution in [0.5, 0.6) is 0 Å². The minimum Gasteiger partial charge on any atom is -0.465 e. The van der Waals surface area contributed by atoms with E-state index >= 15 is 0 Å². The van der Waals surface area contributed by atoms with Crippen molar-refractivity contribution in [3.63, 3.8) is 0 Å². The van der Waals surface area contributed by atoms with E-state index in [9.17, 15) is 9.59 Å². The summed E-state index contributed by atoms with van der Waals surface area (Å²) in [7, 11) is 0. The number of hydrogen-bond donors (Lipinski definition) is 1. The second kappa shape index (κ2) is 5.33. The quantitative estimate of drug-likeness (QED) is 0.821. The van der Waals surface area contributed by atoms with Crippen LogP contribution in [-0.4, -0.2) is 22.8 Å². The zero-order chi connectivity index (χ0) is 13.1. The fraction of sp³-hybridized carbons (Fsp3) is 0.615. The molecule has 2 rings (SSSR count). The molecule has 0 amide bonds. The number of nitrogens with zero attached hydrogens (tertiary/aromatic N) is 1. The van der Waals surface area contributed by atoms with Gasteiger partial charge in [-0.25, -0.2) is 5.10 Å². The summed E-state index contributed by atoms with van der Waals surface area (Å²) in [6.07, 6.45) is 3.66. The maximum Gasteiger partial charge on any atom is 0.314 e. The van der Waals surface area contributed by atoms with Crippen LogP contribution in [0.1, 0.15) is 49.4 Å². The highest BCUT2D eigenvalue weighted by Crippen LogP contribution is 2.25. The third kappa shape index (κ3) is 2.30. The second-order valence-electron chi connectivity index (χ2n) is 4.58. The molecule has 98 valence electrons. The Morgan fingerprint density at radius 3 is 2.72 bits per heavy atom. The summed E-state index contributed by atoms with van der Waals surface area (Å²) in [5.41, 5.74) is 2.29. The molecular weight excluding hydrogens is 232 g/mol. The lowest BCUT2D eigenvalue weighted by molar-refractivity contribution is -0.144. The summed E-state index contributed by atoms with van der Waals surface area (Å²) in [6.45, 7) is 3.91. The van der Waals surface area contributed by atoms with Crippen LogP contribution in [-0.2, 0) is 22.4 Å². The number of nitrogens with one attached hydrogen (secondary N) is 1. The highest BCUT2D eigenvalue weighted by Gasteiger charge is 2.25. The van der Waals surface area contributed by atoms with E-state index in [0.29, 0.717) is 12.3 Å². The summed E-state index contributed by atoms with van der Waals surface area (Å²) >= 11 is 0. The fourth-order valence-corrected chi connectivity index (χ4v) is 2.42. The molecule has 1 N–H and O–H groups in total. The van der Waals surface area contributed by atoms with E-state index in [1.54, 1.807) is 13.8 Å². The first kappa shape index (κ1) is 12.8. The van der Waals surface area contributed by atoms with Crippen LogP contribution in [0.2, 0.25) is 0 Å². The molecule has 0 saturated carbocycles. The van der Waals surface area contributed by atoms with Gasteiger partial charge in [-0.3, -0.25) is 9.59 Å². The molecule has 5 nitrogen and oxygen atoms in total. The monoisotopic (exact) mass is 250 g/mol. The normalized spacial score (nSPS) is 15.9. The molecular formula is C13H18N2O3. The van der Waals surface area contributed by atoms with Crippen molar-refractivity contribution in [2.75, 3.05) is 6.61 Å². The first-order valence-electron chi connectivity index (χ1n) is 6.42. The van der Waals surface area contributed by atoms with E-state index < -0.39 is 5.92 Å². The Morgan fingerprint density at radius 1 is 1.39 bits per heavy atom. The third-order valence-corrected chi connectivity index (χ3v) is 3.38. The number of H-pyrrole nitrogens is 1. The molecule has 0 fully saturated rings. The number of hydrogen-bond acceptors (Lipinski definition) is 4. The molecule has 1 aliphatic rings. The van der Waals surface area contributed by atoms with Crippen molar-refractivity contribution in [3.8, 4) is 0 Å². The summed E-state index contributed by atoms with van der Waals surface area (Å²) in [6, 6.07) is 0. The van der Waals surface area contributed by atoms with Crippen molar-refractivity contribution in [1.29, 1.82) is 0 Å². The van der Waals surface area contributed by atoms with E-state index in [1.165, 1.54) is 0 Å². The molecule has 1 aliphatic carbocycles. The van der Waals surface area contributed by atoms with E-state index in [1.807, 2.05) is 0 Å². The van der Waals surface area contributed by atoms with Crippen LogP contribution in [0.15, 0.2) is 4.79 Å². The zero-order valence-electron chi connectivity index (χ0n) is 10.8. The second-order valence-corrected chi connectivity index (χ2v) is 4.58. The number of esters is 1. The summed E-state index contributed by atoms with van der Waals surface area (Å²) in [4.78, 5) is 23.5. The van der Waals surface area contributed by atoms with Crippen molar-refractivity contribution >= 4 is 5.97 Å². The number of rotatable bonds is 3. The fourth-order valence-electron chi connectivity index (χ4n) is 2.42. The lowest BCUT2D eigenvalue weighted by Crippen LogP contribution is -2.26. The number of carbonyl (C=O) groups excluding carboxylic acids is 1. The van der Waals surface area contributed by atoms with Gasteiger partial charge in [0.15, 0.2) is 0 Å². The molecule has 0 bridgehead atoms. The van der Waals surface area contributed by atoms with E-state index in [0.717, 1.165) is 36.8 Å². The molecule has 1 aromatic heterocycles. The van der Waals surface area contributed by atoms with Gasteiger partial charge in [0.25, 0.3) is 5.56 Å². The molecule has 0 aromatic carbocycles. The van der Waals surface area contributed by atoms with Crippen LogP contribution < -0.4 is 5.56 Å². The Labute approximate surface area is 106 Å². The lowest BCUT2D eigenvalue weighted by atomic mass is 9.88. The van der Waals surface area contributed by atoms with Crippen LogP contribution in [0.4, 0.5) is 0 Å². The molecule has 0 radical (unpaired) electrons. The van der Waals surface area contributed by atoms with E-state index in [-0.39, 0.29) is 11.5 Å². The first-order chi connectivity index (χ1) is 8.65. The van der Waals surface area contributed by atoms with Gasteiger partial charge in [-0.1, -0.05) is 0 Å². The minimum absolute atomic E-state index is 0.121. The van der Waals surface area contributed by atoms with Crippen molar-refractivity contribution < 1.29 is 9.53 Å². The van der Waals surface area contributed by atoms with Gasteiger partial charge in [0.1, 0.15) is 0 Å². The van der Waals surface area contributed by atoms with Gasteiger partial charge >= 0.3 is 5.97 Å². The topological polar surface area (TPSA) is 72.0 Å². The molecule has 1 unspecified atom stereocenters. The number of aromatic nitrogens is 2. The zero-order valence-corrected chi connectivity index (χ0v) is 10.8. The number of carbonyl (C=O) groups is 1. The smallest absolute Gasteiger partial charge is 0.314 e. The van der Waals surface area contributed by atoms with Crippen LogP contribution in [0.25, 0.3) is 0 Å². The lowest BCUT2D eigenvalue weighted by Gasteiger charge is -2.19. The summed E-state index contributed by atoms with van der Waals surface area (Å²) in [5.74, 6) is -0.710. The molecule has 5 heteroatoms. The van der Waals surface area contributed by atoms with Gasteiger partial charge in [0.05, 0.1) is 18.2 Å². The Hall–Kier alpha value is -1.65. The number of fused-ring (bicyclic) bond motifs is 1. The summed E-state index contributed by atoms with van der Waals surface area (Å²) < 4.78 is 5.01. The largest absolute Gasteiger partial charge is 0.465 e. The molecule has 1 atom stereocenters. The van der Waals surface area contributed by atoms with Crippen LogP contribution in [0.3, 0.4) is 0 Å². The summed E-state index contributed by atoms with van der Waals surface area (Å²) in [5, 5.41) is 6.55. The molecule has 18 heavy (non-hydrogen) atoms. The Kier molecular flexibility index (Phi) is 3.79. The predicted octanol–water partition coefficient (Wildman–Crippen LogP) is 1.32. The standard InChI is InChI=1S/C13H18N2O3/c1-3-18-13(17)8(2)11-9-6-4-5-7-10(9)12(16)15-14-11/h8H,3-7H2,1-2H3,(H,15,16). The van der Waals surface area contributed by atoms with Crippen LogP contribution in [0, 0.1) is 0 Å². The van der Waals surface area contributed by atoms with Crippen molar-refractivity contribution in [2.45, 2.75) is 45.4 Å². The number of ether oxygens (including phenoxy) is 1. The highest BCUT2D eigenvalue weighted by atomic mass is 16.5. The van der Waals surface area contributed by atoms with Gasteiger partial charge in [-0.05, 0) is 45.1 Å². The van der Waals surface area contributed by atoms with Crippen LogP contribution >= 0.6 is 0 Å².